The summed E-state index contributed by atoms with van der Waals surface area (Å²) in [6, 6.07) is 4.76. The highest BCUT2D eigenvalue weighted by Crippen LogP contribution is 2.86. The lowest BCUT2D eigenvalue weighted by atomic mass is 9.69. The lowest BCUT2D eigenvalue weighted by molar-refractivity contribution is 0.268. The molecule has 0 aromatic rings. The van der Waals surface area contributed by atoms with E-state index in [9.17, 15) is 5.26 Å². The molecule has 0 aromatic heterocycles. The lowest BCUT2D eigenvalue weighted by Crippen LogP contribution is -2.27. The van der Waals surface area contributed by atoms with Crippen LogP contribution in [0.4, 0.5) is 0 Å². The Morgan fingerprint density at radius 2 is 2.13 bits per heavy atom. The van der Waals surface area contributed by atoms with Crippen LogP contribution in [0.15, 0.2) is 23.8 Å². The van der Waals surface area contributed by atoms with Crippen molar-refractivity contribution in [1.29, 1.82) is 10.5 Å². The molecule has 0 spiro atoms. The molecule has 15 heavy (non-hydrogen) atoms. The molecule has 3 rings (SSSR count). The quantitative estimate of drug-likeness (QED) is 0.605. The van der Waals surface area contributed by atoms with Gasteiger partial charge in [-0.3, -0.25) is 0 Å². The van der Waals surface area contributed by atoms with E-state index in [4.69, 9.17) is 5.26 Å². The number of hydrogen-bond donors (Lipinski definition) is 0. The zero-order valence-electron chi connectivity index (χ0n) is 8.91. The zero-order valence-corrected chi connectivity index (χ0v) is 8.91. The third kappa shape index (κ3) is 0.515. The molecule has 0 saturated heterocycles. The average molecular weight is 196 g/mol. The second-order valence-corrected chi connectivity index (χ2v) is 5.01. The normalized spacial score (nSPS) is 53.1. The summed E-state index contributed by atoms with van der Waals surface area (Å²) in [7, 11) is 0. The van der Waals surface area contributed by atoms with E-state index in [1.54, 1.807) is 0 Å². The molecule has 4 atom stereocenters. The van der Waals surface area contributed by atoms with Gasteiger partial charge >= 0.3 is 0 Å². The van der Waals surface area contributed by atoms with Crippen molar-refractivity contribution in [2.75, 3.05) is 0 Å². The Kier molecular flexibility index (Phi) is 1.18. The van der Waals surface area contributed by atoms with E-state index in [0.29, 0.717) is 0 Å². The predicted octanol–water partition coefficient (Wildman–Crippen LogP) is 2.56. The van der Waals surface area contributed by atoms with Gasteiger partial charge in [-0.15, -0.1) is 0 Å². The maximum atomic E-state index is 9.31. The summed E-state index contributed by atoms with van der Waals surface area (Å²) in [5, 5.41) is 18.5. The molecule has 0 aromatic carbocycles. The monoisotopic (exact) mass is 196 g/mol. The van der Waals surface area contributed by atoms with Crippen molar-refractivity contribution in [2.24, 2.45) is 22.2 Å². The standard InChI is InChI=1S/C13H12N2/c1-3-12-4-5-13(8-15)10(11(12,13)2)6-9(12)7-14/h4-6,10H,3H2,1-2H3/t10?,11-,12+,13?/m1/s1. The Hall–Kier alpha value is -1.54. The van der Waals surface area contributed by atoms with Gasteiger partial charge in [-0.25, -0.2) is 0 Å². The Bertz CT molecular complexity index is 502. The first-order valence-electron chi connectivity index (χ1n) is 5.37. The van der Waals surface area contributed by atoms with Crippen molar-refractivity contribution in [2.45, 2.75) is 20.3 Å². The topological polar surface area (TPSA) is 47.6 Å². The third-order valence-corrected chi connectivity index (χ3v) is 5.12. The van der Waals surface area contributed by atoms with Crippen LogP contribution in [0.3, 0.4) is 0 Å². The summed E-state index contributed by atoms with van der Waals surface area (Å²) in [6.45, 7) is 4.26. The van der Waals surface area contributed by atoms with Crippen LogP contribution in [0.1, 0.15) is 20.3 Å². The van der Waals surface area contributed by atoms with Gasteiger partial charge in [-0.1, -0.05) is 32.1 Å². The largest absolute Gasteiger partial charge is 0.197 e. The maximum absolute atomic E-state index is 9.31. The number of hydrogen-bond acceptors (Lipinski definition) is 2. The van der Waals surface area contributed by atoms with Crippen molar-refractivity contribution in [3.63, 3.8) is 0 Å². The molecule has 2 nitrogen and oxygen atoms in total. The minimum Gasteiger partial charge on any atom is -0.197 e. The smallest absolute Gasteiger partial charge is 0.0953 e. The summed E-state index contributed by atoms with van der Waals surface area (Å²) >= 11 is 0. The fraction of sp³-hybridized carbons (Fsp3) is 0.538. The van der Waals surface area contributed by atoms with Gasteiger partial charge in [0.25, 0.3) is 0 Å². The number of rotatable bonds is 1. The molecule has 3 aliphatic carbocycles. The van der Waals surface area contributed by atoms with Gasteiger partial charge in [0.2, 0.25) is 0 Å². The van der Waals surface area contributed by atoms with Crippen molar-refractivity contribution < 1.29 is 0 Å². The Balaban J connectivity index is 2.26. The van der Waals surface area contributed by atoms with Crippen LogP contribution in [-0.4, -0.2) is 0 Å². The average Bonchev–Trinajstić information content (AvgIpc) is 2.59. The first kappa shape index (κ1) is 8.74. The van der Waals surface area contributed by atoms with Gasteiger partial charge in [-0.2, -0.15) is 10.5 Å². The summed E-state index contributed by atoms with van der Waals surface area (Å²) in [6.07, 6.45) is 7.10. The van der Waals surface area contributed by atoms with Gasteiger partial charge in [0, 0.05) is 22.3 Å². The zero-order chi connectivity index (χ0) is 10.9. The highest BCUT2D eigenvalue weighted by atomic mass is 14.8. The van der Waals surface area contributed by atoms with Gasteiger partial charge in [0.05, 0.1) is 17.6 Å². The number of nitrogens with zero attached hydrogens (tertiary/aromatic N) is 2. The van der Waals surface area contributed by atoms with Crippen molar-refractivity contribution in [1.82, 2.24) is 0 Å². The first-order valence-corrected chi connectivity index (χ1v) is 5.37. The second-order valence-electron chi connectivity index (χ2n) is 5.01. The van der Waals surface area contributed by atoms with E-state index in [-0.39, 0.29) is 22.2 Å². The maximum Gasteiger partial charge on any atom is 0.0953 e. The van der Waals surface area contributed by atoms with Crippen LogP contribution in [0, 0.1) is 44.8 Å². The van der Waals surface area contributed by atoms with Crippen LogP contribution < -0.4 is 0 Å². The molecule has 2 unspecified atom stereocenters. The summed E-state index contributed by atoms with van der Waals surface area (Å²) in [4.78, 5) is 0. The highest BCUT2D eigenvalue weighted by Gasteiger charge is 2.85. The SMILES string of the molecule is CC[C@]12C=CC3(C#N)C(C=C1C#N)[C@@]32C. The lowest BCUT2D eigenvalue weighted by Gasteiger charge is -2.31. The van der Waals surface area contributed by atoms with Crippen molar-refractivity contribution in [3.05, 3.63) is 23.8 Å². The van der Waals surface area contributed by atoms with Crippen LogP contribution in [0.5, 0.6) is 0 Å². The van der Waals surface area contributed by atoms with Crippen LogP contribution in [-0.2, 0) is 0 Å². The Morgan fingerprint density at radius 1 is 1.40 bits per heavy atom. The summed E-state index contributed by atoms with van der Waals surface area (Å²) in [5.74, 6) is 0.273. The number of fused-ring (bicyclic) bond motifs is 1. The van der Waals surface area contributed by atoms with Crippen molar-refractivity contribution in [3.8, 4) is 12.1 Å². The van der Waals surface area contributed by atoms with E-state index in [2.05, 4.69) is 32.1 Å². The molecular formula is C13H12N2. The van der Waals surface area contributed by atoms with E-state index in [0.717, 1.165) is 12.0 Å². The summed E-state index contributed by atoms with van der Waals surface area (Å²) in [5.41, 5.74) is 0.386. The molecule has 2 heteroatoms. The molecule has 0 N–H and O–H groups in total. The third-order valence-electron chi connectivity index (χ3n) is 5.12. The minimum absolute atomic E-state index is 0.0332. The molecule has 74 valence electrons. The first-order chi connectivity index (χ1) is 7.13. The molecular weight excluding hydrogens is 184 g/mol. The van der Waals surface area contributed by atoms with Gasteiger partial charge < -0.3 is 0 Å². The van der Waals surface area contributed by atoms with Gasteiger partial charge in [-0.05, 0) is 6.42 Å². The van der Waals surface area contributed by atoms with Crippen molar-refractivity contribution >= 4 is 0 Å². The molecule has 0 aliphatic heterocycles. The van der Waals surface area contributed by atoms with Crippen LogP contribution in [0.2, 0.25) is 0 Å². The second kappa shape index (κ2) is 2.02. The van der Waals surface area contributed by atoms with E-state index in [1.165, 1.54) is 0 Å². The van der Waals surface area contributed by atoms with E-state index >= 15 is 0 Å². The van der Waals surface area contributed by atoms with E-state index in [1.807, 2.05) is 12.2 Å². The number of nitriles is 2. The molecule has 0 heterocycles. The highest BCUT2D eigenvalue weighted by molar-refractivity contribution is 5.62. The molecule has 0 amide bonds. The predicted molar refractivity (Wildman–Crippen MR) is 55.2 cm³/mol. The molecule has 0 radical (unpaired) electrons. The van der Waals surface area contributed by atoms with Crippen LogP contribution >= 0.6 is 0 Å². The molecule has 0 bridgehead atoms. The molecule has 1 saturated carbocycles. The van der Waals surface area contributed by atoms with Crippen LogP contribution in [0.25, 0.3) is 0 Å². The fourth-order valence-electron chi connectivity index (χ4n) is 4.07. The fourth-order valence-corrected chi connectivity index (χ4v) is 4.07. The van der Waals surface area contributed by atoms with Gasteiger partial charge in [0.15, 0.2) is 0 Å². The Labute approximate surface area is 89.5 Å². The molecule has 1 fully saturated rings. The minimum atomic E-state index is -0.302. The van der Waals surface area contributed by atoms with E-state index < -0.39 is 0 Å². The Morgan fingerprint density at radius 3 is 2.67 bits per heavy atom. The van der Waals surface area contributed by atoms with Gasteiger partial charge in [0.1, 0.15) is 0 Å². The summed E-state index contributed by atoms with van der Waals surface area (Å²) < 4.78 is 0. The number of allylic oxidation sites excluding steroid dienone is 4. The molecule has 3 aliphatic rings.